The Morgan fingerprint density at radius 2 is 1.73 bits per heavy atom. The number of halogens is 6. The predicted molar refractivity (Wildman–Crippen MR) is 136 cm³/mol. The van der Waals surface area contributed by atoms with Crippen molar-refractivity contribution in [2.75, 3.05) is 20.3 Å². The minimum atomic E-state index is -4.97. The van der Waals surface area contributed by atoms with Crippen molar-refractivity contribution in [3.63, 3.8) is 0 Å². The van der Waals surface area contributed by atoms with E-state index in [1.165, 1.54) is 24.9 Å². The molecule has 0 amide bonds. The van der Waals surface area contributed by atoms with Gasteiger partial charge in [0.05, 0.1) is 42.2 Å². The van der Waals surface area contributed by atoms with E-state index in [4.69, 9.17) is 9.57 Å². The van der Waals surface area contributed by atoms with E-state index < -0.39 is 46.4 Å². The average Bonchev–Trinajstić information content (AvgIpc) is 3.37. The van der Waals surface area contributed by atoms with Gasteiger partial charge in [-0.3, -0.25) is 14.9 Å². The largest absolute Gasteiger partial charge is 0.416 e. The third-order valence-electron chi connectivity index (χ3n) is 7.47. The zero-order chi connectivity index (χ0) is 30.1. The summed E-state index contributed by atoms with van der Waals surface area (Å²) >= 11 is 0. The van der Waals surface area contributed by atoms with Crippen LogP contribution in [0.15, 0.2) is 71.9 Å². The van der Waals surface area contributed by atoms with Crippen LogP contribution in [0.4, 0.5) is 26.3 Å². The van der Waals surface area contributed by atoms with Crippen molar-refractivity contribution in [2.45, 2.75) is 49.3 Å². The molecule has 14 heteroatoms. The molecular formula is C27H29F6N5O3. The molecule has 41 heavy (non-hydrogen) atoms. The van der Waals surface area contributed by atoms with Crippen LogP contribution < -0.4 is 16.5 Å². The Bertz CT molecular complexity index is 1380. The number of alkyl halides is 6. The molecule has 3 aromatic rings. The average molecular weight is 586 g/mol. The zero-order valence-electron chi connectivity index (χ0n) is 22.2. The highest BCUT2D eigenvalue weighted by Gasteiger charge is 2.48. The van der Waals surface area contributed by atoms with Gasteiger partial charge in [0.1, 0.15) is 11.9 Å². The molecule has 1 fully saturated rings. The summed E-state index contributed by atoms with van der Waals surface area (Å²) in [5.41, 5.74) is -1.64. The fourth-order valence-corrected chi connectivity index (χ4v) is 5.08. The number of rotatable bonds is 9. The second kappa shape index (κ2) is 11.3. The molecule has 2 heterocycles. The van der Waals surface area contributed by atoms with Crippen LogP contribution in [-0.2, 0) is 33.0 Å². The highest BCUT2D eigenvalue weighted by Crippen LogP contribution is 2.42. The first-order chi connectivity index (χ1) is 19.2. The first-order valence-corrected chi connectivity index (χ1v) is 12.5. The number of aromatic nitrogens is 3. The van der Waals surface area contributed by atoms with E-state index in [2.05, 4.69) is 27.6 Å². The molecule has 0 radical (unpaired) electrons. The fraction of sp³-hybridized carbons (Fsp3) is 0.407. The van der Waals surface area contributed by atoms with Crippen LogP contribution in [0, 0.1) is 0 Å². The molecule has 8 nitrogen and oxygen atoms in total. The van der Waals surface area contributed by atoms with Crippen molar-refractivity contribution >= 4 is 0 Å². The number of nitrogens with zero attached hydrogens (tertiary/aromatic N) is 2. The summed E-state index contributed by atoms with van der Waals surface area (Å²) in [6.07, 6.45) is -9.07. The van der Waals surface area contributed by atoms with Crippen molar-refractivity contribution in [2.24, 2.45) is 0 Å². The molecule has 2 aromatic carbocycles. The van der Waals surface area contributed by atoms with Gasteiger partial charge in [-0.2, -0.15) is 31.4 Å². The molecule has 1 aliphatic rings. The normalized spacial score (nSPS) is 22.3. The van der Waals surface area contributed by atoms with E-state index in [1.807, 2.05) is 18.2 Å². The molecule has 4 rings (SSSR count). The van der Waals surface area contributed by atoms with Gasteiger partial charge in [-0.05, 0) is 49.1 Å². The molecule has 1 aliphatic heterocycles. The van der Waals surface area contributed by atoms with Gasteiger partial charge in [0.2, 0.25) is 0 Å². The van der Waals surface area contributed by atoms with Gasteiger partial charge in [-0.15, -0.1) is 0 Å². The zero-order valence-corrected chi connectivity index (χ0v) is 22.2. The molecule has 1 saturated heterocycles. The summed E-state index contributed by atoms with van der Waals surface area (Å²) in [5, 5.41) is 9.62. The van der Waals surface area contributed by atoms with Crippen molar-refractivity contribution < 1.29 is 35.9 Å². The van der Waals surface area contributed by atoms with Crippen LogP contribution in [0.3, 0.4) is 0 Å². The summed E-state index contributed by atoms with van der Waals surface area (Å²) in [7, 11) is 1.40. The van der Waals surface area contributed by atoms with Gasteiger partial charge < -0.3 is 10.1 Å². The van der Waals surface area contributed by atoms with E-state index >= 15 is 0 Å². The Balaban J connectivity index is 1.65. The first-order valence-electron chi connectivity index (χ1n) is 12.5. The molecule has 3 atom stereocenters. The Morgan fingerprint density at radius 3 is 2.22 bits per heavy atom. The smallest absolute Gasteiger partial charge is 0.372 e. The highest BCUT2D eigenvalue weighted by atomic mass is 19.4. The van der Waals surface area contributed by atoms with E-state index in [1.54, 1.807) is 12.1 Å². The van der Waals surface area contributed by atoms with E-state index in [-0.39, 0.29) is 24.8 Å². The minimum Gasteiger partial charge on any atom is -0.372 e. The van der Waals surface area contributed by atoms with Crippen LogP contribution in [0.1, 0.15) is 48.1 Å². The molecule has 0 bridgehead atoms. The summed E-state index contributed by atoms with van der Waals surface area (Å²) in [6, 6.07) is 10.5. The number of benzene rings is 2. The summed E-state index contributed by atoms with van der Waals surface area (Å²) in [4.78, 5) is 17.6. The maximum atomic E-state index is 13.4. The van der Waals surface area contributed by atoms with E-state index in [0.717, 1.165) is 5.56 Å². The first kappa shape index (κ1) is 30.3. The topological polar surface area (TPSA) is 93.2 Å². The molecule has 3 N–H and O–H groups in total. The summed E-state index contributed by atoms with van der Waals surface area (Å²) < 4.78 is 87.9. The van der Waals surface area contributed by atoms with Gasteiger partial charge in [0.25, 0.3) is 0 Å². The van der Waals surface area contributed by atoms with Gasteiger partial charge in [-0.25, -0.2) is 9.89 Å². The van der Waals surface area contributed by atoms with Crippen molar-refractivity contribution in [1.29, 1.82) is 0 Å². The standard InChI is InChI=1S/C27H29F6N5O3/c1-17(19-11-21(26(28,29)30)13-22(12-19)27(31,32)33)41-15-24(20-7-5-4-6-8-20)9-10-25(14-34-24,18(2)37-40-3)38-16-35-36-23(38)39/h4-8,11-13,16-17,34,37H,2,9-10,14-15H2,1,3H3,(H,36,39)/t17-,24-,25+/m1/s1. The van der Waals surface area contributed by atoms with Crippen LogP contribution >= 0.6 is 0 Å². The number of hydroxylamine groups is 1. The second-order valence-electron chi connectivity index (χ2n) is 9.94. The lowest BCUT2D eigenvalue weighted by atomic mass is 9.75. The number of hydrogen-bond acceptors (Lipinski definition) is 6. The van der Waals surface area contributed by atoms with Gasteiger partial charge in [0, 0.05) is 6.54 Å². The predicted octanol–water partition coefficient (Wildman–Crippen LogP) is 5.03. The number of piperidine rings is 1. The number of ether oxygens (including phenoxy) is 1. The third-order valence-corrected chi connectivity index (χ3v) is 7.47. The lowest BCUT2D eigenvalue weighted by molar-refractivity contribution is -0.143. The van der Waals surface area contributed by atoms with Crippen molar-refractivity contribution in [3.05, 3.63) is 99.9 Å². The van der Waals surface area contributed by atoms with Crippen LogP contribution in [0.5, 0.6) is 0 Å². The van der Waals surface area contributed by atoms with E-state index in [0.29, 0.717) is 30.7 Å². The molecule has 0 aliphatic carbocycles. The second-order valence-corrected chi connectivity index (χ2v) is 9.94. The van der Waals surface area contributed by atoms with Crippen LogP contribution in [-0.4, -0.2) is 35.0 Å². The monoisotopic (exact) mass is 585 g/mol. The SMILES string of the molecule is C=C(NOC)[C@]1(n2cn[nH]c2=O)CC[C@@](CO[C@H](C)c2cc(C(F)(F)F)cc(C(F)(F)F)c2)(c2ccccc2)NC1. The Labute approximate surface area is 231 Å². The van der Waals surface area contributed by atoms with Gasteiger partial charge >= 0.3 is 18.0 Å². The summed E-state index contributed by atoms with van der Waals surface area (Å²) in [5.74, 6) is 0. The van der Waals surface area contributed by atoms with Crippen LogP contribution in [0.25, 0.3) is 0 Å². The number of nitrogens with one attached hydrogen (secondary N) is 3. The highest BCUT2D eigenvalue weighted by molar-refractivity contribution is 5.35. The number of aromatic amines is 1. The van der Waals surface area contributed by atoms with Crippen molar-refractivity contribution in [1.82, 2.24) is 25.6 Å². The Kier molecular flexibility index (Phi) is 8.39. The molecule has 1 aromatic heterocycles. The van der Waals surface area contributed by atoms with Crippen LogP contribution in [0.2, 0.25) is 0 Å². The van der Waals surface area contributed by atoms with Crippen molar-refractivity contribution in [3.8, 4) is 0 Å². The fourth-order valence-electron chi connectivity index (χ4n) is 5.08. The Morgan fingerprint density at radius 1 is 1.10 bits per heavy atom. The number of hydrogen-bond donors (Lipinski definition) is 3. The quantitative estimate of drug-likeness (QED) is 0.241. The molecule has 0 spiro atoms. The maximum Gasteiger partial charge on any atom is 0.416 e. The van der Waals surface area contributed by atoms with Gasteiger partial charge in [-0.1, -0.05) is 36.9 Å². The lowest BCUT2D eigenvalue weighted by Crippen LogP contribution is -2.61. The molecule has 0 unspecified atom stereocenters. The lowest BCUT2D eigenvalue weighted by Gasteiger charge is -2.48. The third kappa shape index (κ3) is 6.19. The Hall–Kier alpha value is -3.62. The summed E-state index contributed by atoms with van der Waals surface area (Å²) in [6.45, 7) is 5.47. The minimum absolute atomic E-state index is 0.0860. The number of H-pyrrole nitrogens is 1. The maximum absolute atomic E-state index is 13.4. The van der Waals surface area contributed by atoms with Gasteiger partial charge in [0.15, 0.2) is 0 Å². The molecule has 0 saturated carbocycles. The molecular weight excluding hydrogens is 556 g/mol. The molecule has 222 valence electrons. The van der Waals surface area contributed by atoms with E-state index in [9.17, 15) is 31.1 Å².